The average Bonchev–Trinajstić information content (AvgIpc) is 2.97. The molecule has 0 aliphatic carbocycles. The van der Waals surface area contributed by atoms with Gasteiger partial charge in [0.1, 0.15) is 11.9 Å². The van der Waals surface area contributed by atoms with Gasteiger partial charge in [0.2, 0.25) is 20.9 Å². The summed E-state index contributed by atoms with van der Waals surface area (Å²) in [6.07, 6.45) is 2.69. The number of carbonyl (C=O) groups excluding carboxylic acids is 1. The summed E-state index contributed by atoms with van der Waals surface area (Å²) in [4.78, 5) is 18.6. The molecule has 152 valence electrons. The van der Waals surface area contributed by atoms with Crippen LogP contribution in [0.3, 0.4) is 0 Å². The first-order chi connectivity index (χ1) is 13.2. The molecular formula is C19H25FN4O3S. The van der Waals surface area contributed by atoms with E-state index in [1.165, 1.54) is 12.1 Å². The highest BCUT2D eigenvalue weighted by atomic mass is 32.2. The van der Waals surface area contributed by atoms with Crippen LogP contribution in [0.25, 0.3) is 0 Å². The molecule has 0 unspecified atom stereocenters. The molecule has 9 heteroatoms. The monoisotopic (exact) mass is 408 g/mol. The second-order valence-corrected chi connectivity index (χ2v) is 9.44. The Morgan fingerprint density at radius 1 is 1.36 bits per heavy atom. The van der Waals surface area contributed by atoms with Gasteiger partial charge >= 0.3 is 0 Å². The first-order valence-electron chi connectivity index (χ1n) is 9.18. The molecule has 1 aromatic carbocycles. The summed E-state index contributed by atoms with van der Waals surface area (Å²) in [6.45, 7) is 5.88. The zero-order valence-corrected chi connectivity index (χ0v) is 17.0. The van der Waals surface area contributed by atoms with E-state index < -0.39 is 21.7 Å². The second kappa shape index (κ2) is 8.00. The lowest BCUT2D eigenvalue weighted by molar-refractivity contribution is -0.129. The lowest BCUT2D eigenvalue weighted by Gasteiger charge is -2.35. The largest absolute Gasteiger partial charge is 0.353 e. The van der Waals surface area contributed by atoms with Crippen LogP contribution in [-0.2, 0) is 27.7 Å². The molecule has 1 saturated heterocycles. The Labute approximate surface area is 164 Å². The van der Waals surface area contributed by atoms with Crippen molar-refractivity contribution in [1.82, 2.24) is 19.8 Å². The molecule has 0 spiro atoms. The fourth-order valence-corrected chi connectivity index (χ4v) is 4.34. The number of hydrogen-bond donors (Lipinski definition) is 1. The summed E-state index contributed by atoms with van der Waals surface area (Å²) < 4.78 is 39.6. The van der Waals surface area contributed by atoms with Crippen LogP contribution in [0.5, 0.6) is 0 Å². The van der Waals surface area contributed by atoms with Gasteiger partial charge in [-0.15, -0.1) is 0 Å². The van der Waals surface area contributed by atoms with Crippen molar-refractivity contribution >= 4 is 15.7 Å². The minimum absolute atomic E-state index is 0.0277. The number of nitrogens with zero attached hydrogens (tertiary/aromatic N) is 3. The number of piperazine rings is 1. The molecule has 1 aliphatic heterocycles. The number of nitrogens with one attached hydrogen (secondary N) is 1. The Hall–Kier alpha value is -2.26. The van der Waals surface area contributed by atoms with Crippen molar-refractivity contribution in [3.05, 3.63) is 47.5 Å². The predicted molar refractivity (Wildman–Crippen MR) is 103 cm³/mol. The number of halogens is 1. The number of aromatic nitrogens is 2. The number of benzene rings is 1. The van der Waals surface area contributed by atoms with E-state index in [0.717, 1.165) is 6.26 Å². The van der Waals surface area contributed by atoms with Crippen molar-refractivity contribution < 1.29 is 17.6 Å². The average molecular weight is 408 g/mol. The molecule has 0 bridgehead atoms. The van der Waals surface area contributed by atoms with Crippen molar-refractivity contribution in [3.8, 4) is 0 Å². The van der Waals surface area contributed by atoms with E-state index in [-0.39, 0.29) is 17.0 Å². The van der Waals surface area contributed by atoms with Gasteiger partial charge in [-0.05, 0) is 23.6 Å². The van der Waals surface area contributed by atoms with Crippen LogP contribution in [0.15, 0.2) is 35.6 Å². The fraction of sp³-hybridized carbons (Fsp3) is 0.474. The molecule has 2 aromatic rings. The summed E-state index contributed by atoms with van der Waals surface area (Å²) in [7, 11) is -3.48. The molecule has 1 fully saturated rings. The zero-order chi connectivity index (χ0) is 20.5. The van der Waals surface area contributed by atoms with Crippen LogP contribution in [0.4, 0.5) is 4.39 Å². The van der Waals surface area contributed by atoms with Crippen LogP contribution in [0.1, 0.15) is 31.1 Å². The quantitative estimate of drug-likeness (QED) is 0.787. The number of carbonyl (C=O) groups is 1. The van der Waals surface area contributed by atoms with E-state index in [9.17, 15) is 17.6 Å². The molecule has 2 heterocycles. The van der Waals surface area contributed by atoms with Crippen LogP contribution in [0, 0.1) is 11.7 Å². The lowest BCUT2D eigenvalue weighted by Crippen LogP contribution is -2.49. The molecule has 3 rings (SSSR count). The van der Waals surface area contributed by atoms with Gasteiger partial charge in [0.15, 0.2) is 0 Å². The molecule has 1 N–H and O–H groups in total. The number of amides is 1. The van der Waals surface area contributed by atoms with Gasteiger partial charge in [-0.3, -0.25) is 9.69 Å². The Balaban J connectivity index is 1.97. The third kappa shape index (κ3) is 4.41. The summed E-state index contributed by atoms with van der Waals surface area (Å²) in [5, 5.41) is 2.85. The second-order valence-electron chi connectivity index (χ2n) is 7.53. The van der Waals surface area contributed by atoms with E-state index >= 15 is 0 Å². The number of imidazole rings is 1. The van der Waals surface area contributed by atoms with Gasteiger partial charge in [0.05, 0.1) is 11.9 Å². The number of rotatable bonds is 6. The summed E-state index contributed by atoms with van der Waals surface area (Å²) in [5.41, 5.74) is 1.28. The van der Waals surface area contributed by atoms with Crippen LogP contribution < -0.4 is 5.32 Å². The fourth-order valence-electron chi connectivity index (χ4n) is 3.51. The Morgan fingerprint density at radius 2 is 2.11 bits per heavy atom. The van der Waals surface area contributed by atoms with E-state index in [1.807, 2.05) is 18.7 Å². The summed E-state index contributed by atoms with van der Waals surface area (Å²) in [5.74, 6) is -0.382. The predicted octanol–water partition coefficient (Wildman–Crippen LogP) is 1.75. The Bertz CT molecular complexity index is 971. The maximum Gasteiger partial charge on any atom is 0.242 e. The van der Waals surface area contributed by atoms with E-state index in [4.69, 9.17) is 0 Å². The highest BCUT2D eigenvalue weighted by Crippen LogP contribution is 2.26. The molecule has 0 saturated carbocycles. The molecule has 1 atom stereocenters. The minimum Gasteiger partial charge on any atom is -0.353 e. The SMILES string of the molecule is CC(C)Cn1c(CN2CCNC(=O)[C@H]2c2cccc(F)c2)cnc1S(C)(=O)=O. The van der Waals surface area contributed by atoms with Crippen molar-refractivity contribution in [2.24, 2.45) is 5.92 Å². The van der Waals surface area contributed by atoms with Gasteiger partial charge in [-0.25, -0.2) is 17.8 Å². The van der Waals surface area contributed by atoms with Crippen molar-refractivity contribution in [1.29, 1.82) is 0 Å². The van der Waals surface area contributed by atoms with Gasteiger partial charge < -0.3 is 9.88 Å². The molecule has 7 nitrogen and oxygen atoms in total. The van der Waals surface area contributed by atoms with Gasteiger partial charge in [0.25, 0.3) is 0 Å². The zero-order valence-electron chi connectivity index (χ0n) is 16.2. The van der Waals surface area contributed by atoms with Crippen LogP contribution in [0.2, 0.25) is 0 Å². The highest BCUT2D eigenvalue weighted by molar-refractivity contribution is 7.90. The molecular weight excluding hydrogens is 383 g/mol. The number of sulfone groups is 1. The summed E-state index contributed by atoms with van der Waals surface area (Å²) in [6, 6.07) is 5.35. The first-order valence-corrected chi connectivity index (χ1v) is 11.1. The van der Waals surface area contributed by atoms with E-state index in [0.29, 0.717) is 37.4 Å². The Morgan fingerprint density at radius 3 is 2.75 bits per heavy atom. The van der Waals surface area contributed by atoms with Crippen molar-refractivity contribution in [3.63, 3.8) is 0 Å². The van der Waals surface area contributed by atoms with Gasteiger partial charge in [0, 0.05) is 32.4 Å². The van der Waals surface area contributed by atoms with E-state index in [2.05, 4.69) is 10.3 Å². The molecule has 0 radical (unpaired) electrons. The van der Waals surface area contributed by atoms with Gasteiger partial charge in [-0.2, -0.15) is 0 Å². The smallest absolute Gasteiger partial charge is 0.242 e. The van der Waals surface area contributed by atoms with E-state index in [1.54, 1.807) is 22.9 Å². The third-order valence-electron chi connectivity index (χ3n) is 4.62. The minimum atomic E-state index is -3.48. The van der Waals surface area contributed by atoms with Gasteiger partial charge in [-0.1, -0.05) is 26.0 Å². The summed E-state index contributed by atoms with van der Waals surface area (Å²) >= 11 is 0. The maximum atomic E-state index is 13.7. The van der Waals surface area contributed by atoms with Crippen LogP contribution >= 0.6 is 0 Å². The van der Waals surface area contributed by atoms with Crippen molar-refractivity contribution in [2.45, 2.75) is 38.1 Å². The normalized spacial score (nSPS) is 18.5. The number of hydrogen-bond acceptors (Lipinski definition) is 5. The maximum absolute atomic E-state index is 13.7. The molecule has 1 amide bonds. The first kappa shape index (κ1) is 20.5. The molecule has 1 aromatic heterocycles. The Kier molecular flexibility index (Phi) is 5.85. The van der Waals surface area contributed by atoms with Crippen LogP contribution in [-0.4, -0.2) is 48.1 Å². The molecule has 1 aliphatic rings. The highest BCUT2D eigenvalue weighted by Gasteiger charge is 2.32. The third-order valence-corrected chi connectivity index (χ3v) is 5.61. The van der Waals surface area contributed by atoms with Crippen molar-refractivity contribution in [2.75, 3.05) is 19.3 Å². The topological polar surface area (TPSA) is 84.3 Å². The standard InChI is InChI=1S/C19H25FN4O3S/c1-13(2)11-24-16(10-22-19(24)28(3,26)27)12-23-8-7-21-18(25)17(23)14-5-4-6-15(20)9-14/h4-6,9-10,13,17H,7-8,11-12H2,1-3H3,(H,21,25)/t17-/m1/s1. The lowest BCUT2D eigenvalue weighted by atomic mass is 10.0. The molecule has 28 heavy (non-hydrogen) atoms.